The smallest absolute Gasteiger partial charge is 0.271 e. The summed E-state index contributed by atoms with van der Waals surface area (Å²) in [5.41, 5.74) is 4.93. The van der Waals surface area contributed by atoms with Gasteiger partial charge in [-0.3, -0.25) is 9.59 Å². The summed E-state index contributed by atoms with van der Waals surface area (Å²) in [6.45, 7) is 0.201. The first kappa shape index (κ1) is 26.1. The van der Waals surface area contributed by atoms with Crippen LogP contribution in [-0.4, -0.2) is 24.6 Å². The van der Waals surface area contributed by atoms with Crippen molar-refractivity contribution in [2.24, 2.45) is 5.10 Å². The van der Waals surface area contributed by atoms with Gasteiger partial charge in [-0.25, -0.2) is 5.43 Å². The Morgan fingerprint density at radius 3 is 2.43 bits per heavy atom. The van der Waals surface area contributed by atoms with Crippen molar-refractivity contribution in [1.29, 1.82) is 0 Å². The average molecular weight is 534 g/mol. The summed E-state index contributed by atoms with van der Waals surface area (Å²) in [4.78, 5) is 25.4. The van der Waals surface area contributed by atoms with Crippen molar-refractivity contribution in [3.63, 3.8) is 0 Å². The van der Waals surface area contributed by atoms with E-state index in [0.717, 1.165) is 21.8 Å². The number of benzene rings is 3. The van der Waals surface area contributed by atoms with E-state index < -0.39 is 0 Å². The molecule has 0 saturated carbocycles. The Morgan fingerprint density at radius 1 is 0.973 bits per heavy atom. The zero-order chi connectivity index (χ0) is 25.9. The van der Waals surface area contributed by atoms with E-state index in [0.29, 0.717) is 28.6 Å². The number of nitrogens with one attached hydrogen (secondary N) is 2. The van der Waals surface area contributed by atoms with Gasteiger partial charge in [-0.05, 0) is 83.9 Å². The van der Waals surface area contributed by atoms with E-state index in [2.05, 4.69) is 15.8 Å². The van der Waals surface area contributed by atoms with Crippen molar-refractivity contribution >= 4 is 41.4 Å². The normalized spacial score (nSPS) is 10.8. The molecule has 0 aliphatic rings. The molecule has 0 unspecified atom stereocenters. The molecule has 1 heterocycles. The monoisotopic (exact) mass is 533 g/mol. The highest BCUT2D eigenvalue weighted by molar-refractivity contribution is 7.98. The second-order valence-corrected chi connectivity index (χ2v) is 9.34. The van der Waals surface area contributed by atoms with Gasteiger partial charge >= 0.3 is 0 Å². The SMILES string of the molecule is O=C(COc1ccc(C=NNC(=O)c2ccc(CSc3ccc(Cl)cc3)cc2)cc1)NCc1ccco1. The third kappa shape index (κ3) is 8.56. The number of hydrogen-bond acceptors (Lipinski definition) is 6. The first-order valence-electron chi connectivity index (χ1n) is 11.4. The van der Waals surface area contributed by atoms with Gasteiger partial charge in [0, 0.05) is 21.2 Å². The van der Waals surface area contributed by atoms with Crippen LogP contribution in [-0.2, 0) is 17.1 Å². The molecule has 0 radical (unpaired) electrons. The number of amides is 2. The van der Waals surface area contributed by atoms with Gasteiger partial charge in [0.05, 0.1) is 19.0 Å². The quantitative estimate of drug-likeness (QED) is 0.147. The van der Waals surface area contributed by atoms with Crippen molar-refractivity contribution < 1.29 is 18.7 Å². The predicted molar refractivity (Wildman–Crippen MR) is 145 cm³/mol. The highest BCUT2D eigenvalue weighted by Crippen LogP contribution is 2.24. The van der Waals surface area contributed by atoms with Crippen LogP contribution in [0.1, 0.15) is 27.2 Å². The van der Waals surface area contributed by atoms with Gasteiger partial charge in [0.2, 0.25) is 0 Å². The fourth-order valence-electron chi connectivity index (χ4n) is 3.13. The number of carbonyl (C=O) groups excluding carboxylic acids is 2. The number of thioether (sulfide) groups is 1. The van der Waals surface area contributed by atoms with Crippen molar-refractivity contribution in [1.82, 2.24) is 10.7 Å². The fraction of sp³-hybridized carbons (Fsp3) is 0.107. The molecule has 37 heavy (non-hydrogen) atoms. The maximum absolute atomic E-state index is 12.4. The molecule has 2 N–H and O–H groups in total. The number of nitrogens with zero attached hydrogens (tertiary/aromatic N) is 1. The summed E-state index contributed by atoms with van der Waals surface area (Å²) in [5.74, 6) is 1.46. The minimum Gasteiger partial charge on any atom is -0.484 e. The molecule has 9 heteroatoms. The van der Waals surface area contributed by atoms with Gasteiger partial charge in [0.1, 0.15) is 11.5 Å². The van der Waals surface area contributed by atoms with Crippen molar-refractivity contribution in [3.05, 3.63) is 119 Å². The van der Waals surface area contributed by atoms with E-state index in [-0.39, 0.29) is 18.4 Å². The molecular formula is C28H24ClN3O4S. The molecule has 7 nitrogen and oxygen atoms in total. The van der Waals surface area contributed by atoms with E-state index in [1.807, 2.05) is 36.4 Å². The molecule has 188 valence electrons. The van der Waals surface area contributed by atoms with Crippen LogP contribution in [0.15, 0.2) is 106 Å². The Morgan fingerprint density at radius 2 is 1.73 bits per heavy atom. The Hall–Kier alpha value is -4.01. The minimum absolute atomic E-state index is 0.108. The number of hydrazone groups is 1. The van der Waals surface area contributed by atoms with Gasteiger partial charge in [-0.1, -0.05) is 23.7 Å². The number of ether oxygens (including phenoxy) is 1. The van der Waals surface area contributed by atoms with Gasteiger partial charge in [0.25, 0.3) is 11.8 Å². The van der Waals surface area contributed by atoms with E-state index in [1.54, 1.807) is 66.6 Å². The number of hydrogen-bond donors (Lipinski definition) is 2. The molecule has 0 spiro atoms. The molecular weight excluding hydrogens is 510 g/mol. The van der Waals surface area contributed by atoms with Gasteiger partial charge in [-0.2, -0.15) is 5.10 Å². The molecule has 4 rings (SSSR count). The fourth-order valence-corrected chi connectivity index (χ4v) is 4.11. The van der Waals surface area contributed by atoms with Crippen LogP contribution in [0, 0.1) is 0 Å². The zero-order valence-electron chi connectivity index (χ0n) is 19.7. The van der Waals surface area contributed by atoms with Crippen molar-refractivity contribution in [3.8, 4) is 5.75 Å². The van der Waals surface area contributed by atoms with Gasteiger partial charge in [-0.15, -0.1) is 11.8 Å². The van der Waals surface area contributed by atoms with Crippen LogP contribution >= 0.6 is 23.4 Å². The molecule has 0 aliphatic carbocycles. The third-order valence-corrected chi connectivity index (χ3v) is 6.44. The Labute approximate surface area is 223 Å². The first-order valence-corrected chi connectivity index (χ1v) is 12.7. The maximum Gasteiger partial charge on any atom is 0.271 e. The molecule has 0 fully saturated rings. The third-order valence-electron chi connectivity index (χ3n) is 5.10. The van der Waals surface area contributed by atoms with Crippen LogP contribution < -0.4 is 15.5 Å². The summed E-state index contributed by atoms with van der Waals surface area (Å²) >= 11 is 7.62. The molecule has 0 saturated heterocycles. The molecule has 4 aromatic rings. The standard InChI is InChI=1S/C28H24ClN3O4S/c29-23-9-13-26(14-10-23)37-19-21-3-7-22(8-4-21)28(34)32-31-16-20-5-11-24(12-6-20)36-18-27(33)30-17-25-2-1-15-35-25/h1-16H,17-19H2,(H,30,33)(H,32,34). The number of furan rings is 1. The van der Waals surface area contributed by atoms with E-state index in [1.165, 1.54) is 6.21 Å². The van der Waals surface area contributed by atoms with Gasteiger partial charge in [0.15, 0.2) is 6.61 Å². The lowest BCUT2D eigenvalue weighted by Gasteiger charge is -2.07. The number of halogens is 1. The molecule has 3 aromatic carbocycles. The lowest BCUT2D eigenvalue weighted by atomic mass is 10.1. The predicted octanol–water partition coefficient (Wildman–Crippen LogP) is 5.68. The number of rotatable bonds is 11. The van der Waals surface area contributed by atoms with Crippen LogP contribution in [0.3, 0.4) is 0 Å². The summed E-state index contributed by atoms with van der Waals surface area (Å²) < 4.78 is 10.7. The van der Waals surface area contributed by atoms with E-state index in [4.69, 9.17) is 20.8 Å². The van der Waals surface area contributed by atoms with Gasteiger partial charge < -0.3 is 14.5 Å². The van der Waals surface area contributed by atoms with Crippen molar-refractivity contribution in [2.75, 3.05) is 6.61 Å². The Kier molecular flexibility index (Phi) is 9.40. The minimum atomic E-state index is -0.298. The lowest BCUT2D eigenvalue weighted by molar-refractivity contribution is -0.123. The average Bonchev–Trinajstić information content (AvgIpc) is 3.45. The summed E-state index contributed by atoms with van der Waals surface area (Å²) in [6.07, 6.45) is 3.09. The molecule has 0 bridgehead atoms. The molecule has 2 amide bonds. The Balaban J connectivity index is 1.18. The topological polar surface area (TPSA) is 92.9 Å². The molecule has 1 aromatic heterocycles. The highest BCUT2D eigenvalue weighted by atomic mass is 35.5. The van der Waals surface area contributed by atoms with Crippen LogP contribution in [0.25, 0.3) is 0 Å². The van der Waals surface area contributed by atoms with E-state index in [9.17, 15) is 9.59 Å². The van der Waals surface area contributed by atoms with Crippen LogP contribution in [0.5, 0.6) is 5.75 Å². The molecule has 0 atom stereocenters. The second-order valence-electron chi connectivity index (χ2n) is 7.85. The summed E-state index contributed by atoms with van der Waals surface area (Å²) in [5, 5.41) is 7.45. The lowest BCUT2D eigenvalue weighted by Crippen LogP contribution is -2.28. The van der Waals surface area contributed by atoms with E-state index >= 15 is 0 Å². The van der Waals surface area contributed by atoms with Crippen LogP contribution in [0.2, 0.25) is 5.02 Å². The van der Waals surface area contributed by atoms with Crippen molar-refractivity contribution in [2.45, 2.75) is 17.2 Å². The number of carbonyl (C=O) groups is 2. The first-order chi connectivity index (χ1) is 18.0. The Bertz CT molecular complexity index is 1320. The summed E-state index contributed by atoms with van der Waals surface area (Å²) in [7, 11) is 0. The largest absolute Gasteiger partial charge is 0.484 e. The maximum atomic E-state index is 12.4. The highest BCUT2D eigenvalue weighted by Gasteiger charge is 2.06. The zero-order valence-corrected chi connectivity index (χ0v) is 21.3. The second kappa shape index (κ2) is 13.3. The molecule has 0 aliphatic heterocycles. The summed E-state index contributed by atoms with van der Waals surface area (Å²) in [6, 6.07) is 25.7. The van der Waals surface area contributed by atoms with Crippen LogP contribution in [0.4, 0.5) is 0 Å².